The molecule has 3 aromatic rings. The van der Waals surface area contributed by atoms with Crippen LogP contribution in [0.1, 0.15) is 23.4 Å². The van der Waals surface area contributed by atoms with Crippen molar-refractivity contribution in [1.82, 2.24) is 9.97 Å². The third-order valence-corrected chi connectivity index (χ3v) is 5.62. The molecule has 0 radical (unpaired) electrons. The van der Waals surface area contributed by atoms with Crippen LogP contribution >= 0.6 is 11.3 Å². The summed E-state index contributed by atoms with van der Waals surface area (Å²) in [4.78, 5) is 23.9. The topological polar surface area (TPSA) is 70.2 Å². The lowest BCUT2D eigenvalue weighted by Crippen LogP contribution is -2.21. The Balaban J connectivity index is 1.43. The third-order valence-electron chi connectivity index (χ3n) is 4.74. The average molecular weight is 412 g/mol. The van der Waals surface area contributed by atoms with Crippen molar-refractivity contribution in [2.24, 2.45) is 0 Å². The molecule has 0 saturated carbocycles. The van der Waals surface area contributed by atoms with E-state index in [1.165, 1.54) is 0 Å². The van der Waals surface area contributed by atoms with Crippen molar-refractivity contribution in [2.45, 2.75) is 26.2 Å². The van der Waals surface area contributed by atoms with E-state index in [1.54, 1.807) is 42.5 Å². The Bertz CT molecular complexity index is 985. The van der Waals surface area contributed by atoms with Gasteiger partial charge >= 0.3 is 0 Å². The first kappa shape index (κ1) is 19.3. The lowest BCUT2D eigenvalue weighted by atomic mass is 10.2. The lowest BCUT2D eigenvalue weighted by molar-refractivity contribution is -0.115. The first-order valence-corrected chi connectivity index (χ1v) is 10.4. The van der Waals surface area contributed by atoms with Gasteiger partial charge in [-0.25, -0.2) is 9.37 Å². The van der Waals surface area contributed by atoms with Gasteiger partial charge in [-0.15, -0.1) is 11.3 Å². The minimum atomic E-state index is -0.457. The molecule has 0 unspecified atom stereocenters. The maximum atomic E-state index is 14.5. The fraction of sp³-hybridized carbons (Fsp3) is 0.286. The fourth-order valence-electron chi connectivity index (χ4n) is 3.24. The molecule has 0 aliphatic carbocycles. The molecule has 0 spiro atoms. The van der Waals surface area contributed by atoms with Crippen LogP contribution in [0.25, 0.3) is 0 Å². The molecule has 1 aromatic carbocycles. The van der Waals surface area contributed by atoms with Gasteiger partial charge in [-0.05, 0) is 55.5 Å². The lowest BCUT2D eigenvalue weighted by Gasteiger charge is -2.17. The highest BCUT2D eigenvalue weighted by molar-refractivity contribution is 7.10. The second-order valence-corrected chi connectivity index (χ2v) is 8.00. The quantitative estimate of drug-likeness (QED) is 0.625. The zero-order chi connectivity index (χ0) is 20.2. The number of benzene rings is 1. The number of nitrogens with one attached hydrogen (secondary N) is 2. The molecule has 2 N–H and O–H groups in total. The molecule has 6 nitrogen and oxygen atoms in total. The Morgan fingerprint density at radius 1 is 1.14 bits per heavy atom. The minimum Gasteiger partial charge on any atom is -0.341 e. The van der Waals surface area contributed by atoms with Crippen LogP contribution in [0.4, 0.5) is 27.5 Å². The Labute approximate surface area is 172 Å². The number of carbonyl (C=O) groups is 1. The van der Waals surface area contributed by atoms with E-state index in [2.05, 4.69) is 25.5 Å². The Morgan fingerprint density at radius 2 is 1.86 bits per heavy atom. The molecule has 8 heteroatoms. The molecular weight excluding hydrogens is 389 g/mol. The monoisotopic (exact) mass is 411 g/mol. The standard InChI is InChI=1S/C21H22FN5OS/c1-14-19(22)20(26-21(23-14)27-10-2-3-11-27)25-16-8-6-15(7-9-16)24-18(28)13-17-5-4-12-29-17/h4-9,12H,2-3,10-11,13H2,1H3,(H,24,28)(H,23,25,26). The van der Waals surface area contributed by atoms with E-state index in [0.717, 1.165) is 30.8 Å². The van der Waals surface area contributed by atoms with Gasteiger partial charge in [0.1, 0.15) is 0 Å². The number of anilines is 4. The van der Waals surface area contributed by atoms with E-state index in [-0.39, 0.29) is 11.7 Å². The highest BCUT2D eigenvalue weighted by Gasteiger charge is 2.19. The molecule has 0 atom stereocenters. The number of carbonyl (C=O) groups excluding carboxylic acids is 1. The summed E-state index contributed by atoms with van der Waals surface area (Å²) in [6, 6.07) is 11.0. The number of hydrogen-bond donors (Lipinski definition) is 2. The summed E-state index contributed by atoms with van der Waals surface area (Å²) in [6.45, 7) is 3.43. The zero-order valence-electron chi connectivity index (χ0n) is 16.1. The van der Waals surface area contributed by atoms with Crippen molar-refractivity contribution in [2.75, 3.05) is 28.6 Å². The van der Waals surface area contributed by atoms with Crippen LogP contribution in [0.3, 0.4) is 0 Å². The smallest absolute Gasteiger partial charge is 0.229 e. The van der Waals surface area contributed by atoms with Gasteiger partial charge in [0.15, 0.2) is 11.6 Å². The number of rotatable bonds is 6. The molecule has 1 aliphatic heterocycles. The van der Waals surface area contributed by atoms with E-state index in [4.69, 9.17) is 0 Å². The van der Waals surface area contributed by atoms with Gasteiger partial charge in [-0.2, -0.15) is 4.98 Å². The van der Waals surface area contributed by atoms with Gasteiger partial charge in [-0.1, -0.05) is 6.07 Å². The van der Waals surface area contributed by atoms with Crippen LogP contribution in [-0.2, 0) is 11.2 Å². The van der Waals surface area contributed by atoms with Crippen molar-refractivity contribution < 1.29 is 9.18 Å². The Kier molecular flexibility index (Phi) is 5.71. The van der Waals surface area contributed by atoms with E-state index < -0.39 is 5.82 Å². The van der Waals surface area contributed by atoms with Crippen LogP contribution in [0.2, 0.25) is 0 Å². The van der Waals surface area contributed by atoms with E-state index in [1.807, 2.05) is 17.5 Å². The van der Waals surface area contributed by atoms with Crippen LogP contribution in [-0.4, -0.2) is 29.0 Å². The van der Waals surface area contributed by atoms with Crippen molar-refractivity contribution >= 4 is 40.4 Å². The number of aromatic nitrogens is 2. The number of aryl methyl sites for hydroxylation is 1. The molecule has 2 aromatic heterocycles. The zero-order valence-corrected chi connectivity index (χ0v) is 16.9. The predicted molar refractivity (Wildman–Crippen MR) is 115 cm³/mol. The summed E-state index contributed by atoms with van der Waals surface area (Å²) in [7, 11) is 0. The van der Waals surface area contributed by atoms with Gasteiger partial charge < -0.3 is 15.5 Å². The third kappa shape index (κ3) is 4.71. The highest BCUT2D eigenvalue weighted by Crippen LogP contribution is 2.25. The van der Waals surface area contributed by atoms with E-state index >= 15 is 0 Å². The van der Waals surface area contributed by atoms with Gasteiger partial charge in [-0.3, -0.25) is 4.79 Å². The van der Waals surface area contributed by atoms with Crippen molar-refractivity contribution in [3.63, 3.8) is 0 Å². The number of amides is 1. The molecule has 29 heavy (non-hydrogen) atoms. The second-order valence-electron chi connectivity index (χ2n) is 6.97. The first-order chi connectivity index (χ1) is 14.1. The van der Waals surface area contributed by atoms with Crippen molar-refractivity contribution in [3.8, 4) is 0 Å². The van der Waals surface area contributed by atoms with Gasteiger partial charge in [0, 0.05) is 29.3 Å². The normalized spacial score (nSPS) is 13.5. The summed E-state index contributed by atoms with van der Waals surface area (Å²) in [5, 5.41) is 7.85. The van der Waals surface area contributed by atoms with Gasteiger partial charge in [0.05, 0.1) is 12.1 Å². The Morgan fingerprint density at radius 3 is 2.55 bits per heavy atom. The SMILES string of the molecule is Cc1nc(N2CCCC2)nc(Nc2ccc(NC(=O)Cc3cccs3)cc2)c1F. The number of nitrogens with zero attached hydrogens (tertiary/aromatic N) is 3. The number of thiophene rings is 1. The molecule has 3 heterocycles. The van der Waals surface area contributed by atoms with Gasteiger partial charge in [0.2, 0.25) is 11.9 Å². The van der Waals surface area contributed by atoms with Crippen LogP contribution in [0.5, 0.6) is 0 Å². The molecule has 1 saturated heterocycles. The molecule has 1 fully saturated rings. The minimum absolute atomic E-state index is 0.0686. The maximum absolute atomic E-state index is 14.5. The molecule has 0 bridgehead atoms. The number of halogens is 1. The first-order valence-electron chi connectivity index (χ1n) is 9.57. The molecular formula is C21H22FN5OS. The van der Waals surface area contributed by atoms with Crippen LogP contribution < -0.4 is 15.5 Å². The molecule has 1 amide bonds. The fourth-order valence-corrected chi connectivity index (χ4v) is 3.94. The summed E-state index contributed by atoms with van der Waals surface area (Å²) in [5.74, 6) is 0.192. The van der Waals surface area contributed by atoms with E-state index in [0.29, 0.717) is 29.4 Å². The summed E-state index contributed by atoms with van der Waals surface area (Å²) >= 11 is 1.56. The Hall–Kier alpha value is -3.00. The average Bonchev–Trinajstić information content (AvgIpc) is 3.41. The second kappa shape index (κ2) is 8.57. The maximum Gasteiger partial charge on any atom is 0.229 e. The highest BCUT2D eigenvalue weighted by atomic mass is 32.1. The molecule has 150 valence electrons. The van der Waals surface area contributed by atoms with Crippen LogP contribution in [0.15, 0.2) is 41.8 Å². The summed E-state index contributed by atoms with van der Waals surface area (Å²) < 4.78 is 14.5. The van der Waals surface area contributed by atoms with Crippen molar-refractivity contribution in [3.05, 3.63) is 58.2 Å². The number of hydrogen-bond acceptors (Lipinski definition) is 6. The van der Waals surface area contributed by atoms with E-state index in [9.17, 15) is 9.18 Å². The van der Waals surface area contributed by atoms with Crippen LogP contribution in [0, 0.1) is 12.7 Å². The molecule has 1 aliphatic rings. The largest absolute Gasteiger partial charge is 0.341 e. The summed E-state index contributed by atoms with van der Waals surface area (Å²) in [5.41, 5.74) is 1.70. The summed E-state index contributed by atoms with van der Waals surface area (Å²) in [6.07, 6.45) is 2.55. The van der Waals surface area contributed by atoms with Gasteiger partial charge in [0.25, 0.3) is 0 Å². The molecule has 4 rings (SSSR count). The predicted octanol–water partition coefficient (Wildman–Crippen LogP) is 4.51. The van der Waals surface area contributed by atoms with Crippen molar-refractivity contribution in [1.29, 1.82) is 0 Å².